The first-order valence-corrected chi connectivity index (χ1v) is 5.71. The molecule has 0 bridgehead atoms. The molecular formula is C11H23ClO2. The monoisotopic (exact) mass is 222 g/mol. The van der Waals surface area contributed by atoms with Crippen molar-refractivity contribution >= 4 is 11.6 Å². The van der Waals surface area contributed by atoms with E-state index in [-0.39, 0.29) is 17.6 Å². The topological polar surface area (TPSA) is 29.5 Å². The standard InChI is InChI=1S/C11H23ClO2/c1-8(10(13)7-12)6-9(2)14-11(3,4)5/h8-10,13H,6-7H2,1-5H3/t8?,9?,10-/m0/s1. The average Bonchev–Trinajstić information content (AvgIpc) is 1.99. The van der Waals surface area contributed by atoms with Crippen molar-refractivity contribution < 1.29 is 9.84 Å². The number of hydrogen-bond donors (Lipinski definition) is 1. The van der Waals surface area contributed by atoms with Gasteiger partial charge in [0.1, 0.15) is 0 Å². The third-order valence-electron chi connectivity index (χ3n) is 2.07. The van der Waals surface area contributed by atoms with Gasteiger partial charge < -0.3 is 9.84 Å². The zero-order valence-electron chi connectivity index (χ0n) is 9.88. The second kappa shape index (κ2) is 5.94. The molecular weight excluding hydrogens is 200 g/mol. The maximum Gasteiger partial charge on any atom is 0.0701 e. The van der Waals surface area contributed by atoms with Crippen LogP contribution in [0.5, 0.6) is 0 Å². The molecule has 0 spiro atoms. The van der Waals surface area contributed by atoms with E-state index in [2.05, 4.69) is 0 Å². The molecule has 2 unspecified atom stereocenters. The number of halogens is 1. The highest BCUT2D eigenvalue weighted by Gasteiger charge is 2.20. The molecule has 0 aliphatic carbocycles. The van der Waals surface area contributed by atoms with Gasteiger partial charge in [-0.3, -0.25) is 0 Å². The van der Waals surface area contributed by atoms with Crippen LogP contribution in [0.4, 0.5) is 0 Å². The molecule has 0 saturated heterocycles. The molecule has 0 heterocycles. The van der Waals surface area contributed by atoms with Crippen LogP contribution >= 0.6 is 11.6 Å². The third kappa shape index (κ3) is 6.63. The molecule has 1 N–H and O–H groups in total. The van der Waals surface area contributed by atoms with Crippen LogP contribution in [0.3, 0.4) is 0 Å². The Balaban J connectivity index is 3.88. The van der Waals surface area contributed by atoms with E-state index in [1.807, 2.05) is 34.6 Å². The lowest BCUT2D eigenvalue weighted by Crippen LogP contribution is -2.30. The molecule has 0 rings (SSSR count). The molecule has 0 aromatic heterocycles. The summed E-state index contributed by atoms with van der Waals surface area (Å²) in [7, 11) is 0. The minimum Gasteiger partial charge on any atom is -0.392 e. The summed E-state index contributed by atoms with van der Waals surface area (Å²) < 4.78 is 5.75. The summed E-state index contributed by atoms with van der Waals surface area (Å²) in [6.07, 6.45) is 0.566. The molecule has 86 valence electrons. The second-order valence-electron chi connectivity index (χ2n) is 4.98. The fourth-order valence-corrected chi connectivity index (χ4v) is 1.79. The van der Waals surface area contributed by atoms with Crippen molar-refractivity contribution in [1.82, 2.24) is 0 Å². The van der Waals surface area contributed by atoms with E-state index < -0.39 is 6.10 Å². The first-order chi connectivity index (χ1) is 6.26. The van der Waals surface area contributed by atoms with Crippen molar-refractivity contribution in [2.75, 3.05) is 5.88 Å². The molecule has 0 radical (unpaired) electrons. The fourth-order valence-electron chi connectivity index (χ4n) is 1.48. The molecule has 3 heteroatoms. The molecule has 0 amide bonds. The van der Waals surface area contributed by atoms with Crippen LogP contribution in [-0.2, 0) is 4.74 Å². The lowest BCUT2D eigenvalue weighted by atomic mass is 9.99. The van der Waals surface area contributed by atoms with Gasteiger partial charge in [-0.05, 0) is 40.0 Å². The smallest absolute Gasteiger partial charge is 0.0701 e. The first kappa shape index (κ1) is 14.2. The van der Waals surface area contributed by atoms with E-state index in [1.165, 1.54) is 0 Å². The zero-order valence-corrected chi connectivity index (χ0v) is 10.6. The van der Waals surface area contributed by atoms with E-state index in [0.29, 0.717) is 5.88 Å². The van der Waals surface area contributed by atoms with Gasteiger partial charge in [-0.1, -0.05) is 6.92 Å². The molecule has 0 saturated carbocycles. The minimum atomic E-state index is -0.428. The Kier molecular flexibility index (Phi) is 6.03. The van der Waals surface area contributed by atoms with Gasteiger partial charge in [0.05, 0.1) is 17.8 Å². The molecule has 0 aliphatic heterocycles. The van der Waals surface area contributed by atoms with Crippen LogP contribution in [0, 0.1) is 5.92 Å². The summed E-state index contributed by atoms with van der Waals surface area (Å²) in [6, 6.07) is 0. The Labute approximate surface area is 92.6 Å². The Hall–Kier alpha value is 0.210. The lowest BCUT2D eigenvalue weighted by Gasteiger charge is -2.28. The summed E-state index contributed by atoms with van der Waals surface area (Å²) in [5, 5.41) is 9.49. The van der Waals surface area contributed by atoms with Crippen molar-refractivity contribution in [3.8, 4) is 0 Å². The van der Waals surface area contributed by atoms with E-state index >= 15 is 0 Å². The first-order valence-electron chi connectivity index (χ1n) is 5.18. The Morgan fingerprint density at radius 1 is 1.29 bits per heavy atom. The van der Waals surface area contributed by atoms with E-state index in [0.717, 1.165) is 6.42 Å². The number of aliphatic hydroxyl groups excluding tert-OH is 1. The van der Waals surface area contributed by atoms with Gasteiger partial charge in [0.15, 0.2) is 0 Å². The Morgan fingerprint density at radius 3 is 2.14 bits per heavy atom. The third-order valence-corrected chi connectivity index (χ3v) is 2.39. The van der Waals surface area contributed by atoms with Gasteiger partial charge in [0.25, 0.3) is 0 Å². The largest absolute Gasteiger partial charge is 0.392 e. The van der Waals surface area contributed by atoms with E-state index in [1.54, 1.807) is 0 Å². The molecule has 0 aromatic carbocycles. The summed E-state index contributed by atoms with van der Waals surface area (Å²) in [5.74, 6) is 0.480. The summed E-state index contributed by atoms with van der Waals surface area (Å²) in [6.45, 7) is 10.1. The number of aliphatic hydroxyl groups is 1. The number of rotatable bonds is 5. The van der Waals surface area contributed by atoms with Crippen LogP contribution in [0.2, 0.25) is 0 Å². The maximum absolute atomic E-state index is 9.49. The van der Waals surface area contributed by atoms with Crippen molar-refractivity contribution in [2.24, 2.45) is 5.92 Å². The van der Waals surface area contributed by atoms with Gasteiger partial charge in [0.2, 0.25) is 0 Å². The van der Waals surface area contributed by atoms with E-state index in [4.69, 9.17) is 16.3 Å². The lowest BCUT2D eigenvalue weighted by molar-refractivity contribution is -0.0651. The summed E-state index contributed by atoms with van der Waals surface area (Å²) >= 11 is 5.57. The Bertz CT molecular complexity index is 154. The highest BCUT2D eigenvalue weighted by Crippen LogP contribution is 2.18. The predicted octanol–water partition coefficient (Wildman–Crippen LogP) is 2.82. The van der Waals surface area contributed by atoms with Crippen LogP contribution in [0.25, 0.3) is 0 Å². The number of alkyl halides is 1. The van der Waals surface area contributed by atoms with Gasteiger partial charge in [-0.15, -0.1) is 11.6 Å². The fraction of sp³-hybridized carbons (Fsp3) is 1.00. The molecule has 3 atom stereocenters. The van der Waals surface area contributed by atoms with Crippen LogP contribution in [0.1, 0.15) is 41.0 Å². The van der Waals surface area contributed by atoms with Crippen LogP contribution < -0.4 is 0 Å². The van der Waals surface area contributed by atoms with Gasteiger partial charge in [-0.25, -0.2) is 0 Å². The molecule has 14 heavy (non-hydrogen) atoms. The molecule has 0 fully saturated rings. The Morgan fingerprint density at radius 2 is 1.79 bits per heavy atom. The van der Waals surface area contributed by atoms with Crippen molar-refractivity contribution in [3.05, 3.63) is 0 Å². The highest BCUT2D eigenvalue weighted by molar-refractivity contribution is 6.18. The molecule has 0 aliphatic rings. The van der Waals surface area contributed by atoms with Gasteiger partial charge in [0, 0.05) is 5.88 Å². The second-order valence-corrected chi connectivity index (χ2v) is 5.28. The minimum absolute atomic E-state index is 0.120. The number of ether oxygens (including phenoxy) is 1. The zero-order chi connectivity index (χ0) is 11.4. The van der Waals surface area contributed by atoms with Crippen molar-refractivity contribution in [2.45, 2.75) is 58.8 Å². The van der Waals surface area contributed by atoms with Crippen LogP contribution in [0.15, 0.2) is 0 Å². The quantitative estimate of drug-likeness (QED) is 0.725. The number of hydrogen-bond acceptors (Lipinski definition) is 2. The maximum atomic E-state index is 9.49. The molecule has 0 aromatic rings. The summed E-state index contributed by atoms with van der Waals surface area (Å²) in [5.41, 5.74) is -0.120. The summed E-state index contributed by atoms with van der Waals surface area (Å²) in [4.78, 5) is 0. The van der Waals surface area contributed by atoms with Gasteiger partial charge in [-0.2, -0.15) is 0 Å². The SMILES string of the molecule is CC(CC(C)[C@@H](O)CCl)OC(C)(C)C. The normalized spacial score (nSPS) is 19.1. The van der Waals surface area contributed by atoms with E-state index in [9.17, 15) is 5.11 Å². The molecule has 2 nitrogen and oxygen atoms in total. The predicted molar refractivity (Wildman–Crippen MR) is 60.8 cm³/mol. The van der Waals surface area contributed by atoms with Crippen molar-refractivity contribution in [3.63, 3.8) is 0 Å². The van der Waals surface area contributed by atoms with Gasteiger partial charge >= 0.3 is 0 Å². The highest BCUT2D eigenvalue weighted by atomic mass is 35.5. The van der Waals surface area contributed by atoms with Crippen LogP contribution in [-0.4, -0.2) is 28.8 Å². The van der Waals surface area contributed by atoms with Crippen molar-refractivity contribution in [1.29, 1.82) is 0 Å². The average molecular weight is 223 g/mol.